The zero-order chi connectivity index (χ0) is 15.8. The van der Waals surface area contributed by atoms with E-state index in [-0.39, 0.29) is 0 Å². The van der Waals surface area contributed by atoms with Crippen molar-refractivity contribution < 1.29 is 0 Å². The molecule has 0 fully saturated rings. The summed E-state index contributed by atoms with van der Waals surface area (Å²) in [4.78, 5) is 3.58. The number of H-pyrrole nitrogens is 1. The maximum absolute atomic E-state index is 3.72. The molecule has 6 rings (SSSR count). The Kier molecular flexibility index (Phi) is 2.28. The first-order valence-electron chi connectivity index (χ1n) is 8.08. The molecule has 0 spiro atoms. The summed E-state index contributed by atoms with van der Waals surface area (Å²) in [5.74, 6) is 0. The van der Waals surface area contributed by atoms with E-state index in [9.17, 15) is 0 Å². The van der Waals surface area contributed by atoms with E-state index >= 15 is 0 Å². The van der Waals surface area contributed by atoms with Crippen LogP contribution < -0.4 is 0 Å². The zero-order valence-corrected chi connectivity index (χ0v) is 14.3. The second-order valence-electron chi connectivity index (χ2n) is 6.44. The molecule has 112 valence electrons. The van der Waals surface area contributed by atoms with Crippen LogP contribution in [-0.2, 0) is 0 Å². The second-order valence-corrected chi connectivity index (χ2v) is 7.29. The van der Waals surface area contributed by atoms with Crippen molar-refractivity contribution in [3.05, 3.63) is 71.2 Å². The monoisotopic (exact) mass is 369 g/mol. The van der Waals surface area contributed by atoms with Gasteiger partial charge in [0.25, 0.3) is 0 Å². The number of fused-ring (bicyclic) bond motifs is 4. The molecule has 1 N–H and O–H groups in total. The summed E-state index contributed by atoms with van der Waals surface area (Å²) in [5.41, 5.74) is 2.41. The predicted molar refractivity (Wildman–Crippen MR) is 107 cm³/mol. The van der Waals surface area contributed by atoms with E-state index < -0.39 is 0 Å². The van der Waals surface area contributed by atoms with Crippen LogP contribution in [0.15, 0.2) is 71.2 Å². The van der Waals surface area contributed by atoms with Crippen LogP contribution in [0.4, 0.5) is 0 Å². The van der Waals surface area contributed by atoms with Crippen LogP contribution in [0, 0.1) is 0 Å². The maximum atomic E-state index is 3.72. The highest BCUT2D eigenvalue weighted by molar-refractivity contribution is 9.10. The fourth-order valence-electron chi connectivity index (χ4n) is 4.18. The smallest absolute Gasteiger partial charge is 0.0477 e. The van der Waals surface area contributed by atoms with Gasteiger partial charge in [-0.3, -0.25) is 0 Å². The molecule has 24 heavy (non-hydrogen) atoms. The summed E-state index contributed by atoms with van der Waals surface area (Å²) >= 11 is 3.72. The van der Waals surface area contributed by atoms with E-state index in [4.69, 9.17) is 0 Å². The summed E-state index contributed by atoms with van der Waals surface area (Å²) < 4.78 is 1.16. The van der Waals surface area contributed by atoms with Gasteiger partial charge in [0.15, 0.2) is 0 Å². The molecule has 0 bridgehead atoms. The molecule has 0 amide bonds. The van der Waals surface area contributed by atoms with Crippen molar-refractivity contribution in [2.75, 3.05) is 0 Å². The van der Waals surface area contributed by atoms with Gasteiger partial charge >= 0.3 is 0 Å². The third kappa shape index (κ3) is 1.45. The maximum Gasteiger partial charge on any atom is 0.0477 e. The van der Waals surface area contributed by atoms with E-state index in [1.165, 1.54) is 54.1 Å². The van der Waals surface area contributed by atoms with Gasteiger partial charge in [-0.25, -0.2) is 0 Å². The molecule has 0 saturated heterocycles. The number of halogens is 1. The largest absolute Gasteiger partial charge is 0.354 e. The number of rotatable bonds is 0. The van der Waals surface area contributed by atoms with E-state index in [2.05, 4.69) is 87.6 Å². The molecule has 0 atom stereocenters. The first-order chi connectivity index (χ1) is 11.8. The van der Waals surface area contributed by atoms with Crippen LogP contribution in [0.3, 0.4) is 0 Å². The molecule has 0 aliphatic rings. The fourth-order valence-corrected chi connectivity index (χ4v) is 4.65. The lowest BCUT2D eigenvalue weighted by atomic mass is 9.92. The van der Waals surface area contributed by atoms with Gasteiger partial charge in [-0.1, -0.05) is 64.5 Å². The molecule has 0 unspecified atom stereocenters. The number of hydrogen-bond acceptors (Lipinski definition) is 0. The lowest BCUT2D eigenvalue weighted by Crippen LogP contribution is -1.85. The highest BCUT2D eigenvalue weighted by atomic mass is 79.9. The van der Waals surface area contributed by atoms with Gasteiger partial charge in [-0.15, -0.1) is 0 Å². The van der Waals surface area contributed by atoms with Gasteiger partial charge in [0.1, 0.15) is 0 Å². The Bertz CT molecular complexity index is 1410. The molecule has 0 aliphatic heterocycles. The number of benzene rings is 5. The number of aromatic nitrogens is 1. The Labute approximate surface area is 146 Å². The van der Waals surface area contributed by atoms with Crippen molar-refractivity contribution in [1.29, 1.82) is 0 Å². The first kappa shape index (κ1) is 12.8. The quantitative estimate of drug-likeness (QED) is 0.278. The number of nitrogens with one attached hydrogen (secondary N) is 1. The third-order valence-corrected chi connectivity index (χ3v) is 5.89. The average Bonchev–Trinajstić information content (AvgIpc) is 2.99. The lowest BCUT2D eigenvalue weighted by molar-refractivity contribution is 1.56. The molecule has 0 saturated carbocycles. The van der Waals surface area contributed by atoms with Gasteiger partial charge in [0, 0.05) is 26.3 Å². The molecular formula is C22H12BrN. The minimum atomic E-state index is 1.16. The topological polar surface area (TPSA) is 15.8 Å². The van der Waals surface area contributed by atoms with Gasteiger partial charge in [-0.05, 0) is 50.5 Å². The Morgan fingerprint density at radius 3 is 2.29 bits per heavy atom. The summed E-state index contributed by atoms with van der Waals surface area (Å²) in [5, 5.41) is 10.5. The summed E-state index contributed by atoms with van der Waals surface area (Å²) in [6.45, 7) is 0. The van der Waals surface area contributed by atoms with Crippen LogP contribution in [0.5, 0.6) is 0 Å². The van der Waals surface area contributed by atoms with Crippen molar-refractivity contribution in [2.45, 2.75) is 0 Å². The summed E-state index contributed by atoms with van der Waals surface area (Å²) in [7, 11) is 0. The molecule has 2 heteroatoms. The van der Waals surface area contributed by atoms with Crippen LogP contribution in [-0.4, -0.2) is 4.98 Å². The molecule has 1 aromatic heterocycles. The molecular weight excluding hydrogens is 358 g/mol. The lowest BCUT2D eigenvalue weighted by Gasteiger charge is -2.12. The first-order valence-corrected chi connectivity index (χ1v) is 8.87. The molecule has 1 nitrogen and oxygen atoms in total. The highest BCUT2D eigenvalue weighted by Crippen LogP contribution is 2.42. The fraction of sp³-hybridized carbons (Fsp3) is 0. The molecule has 1 heterocycles. The molecule has 0 radical (unpaired) electrons. The Morgan fingerprint density at radius 1 is 0.583 bits per heavy atom. The second kappa shape index (κ2) is 4.28. The molecule has 0 aliphatic carbocycles. The van der Waals surface area contributed by atoms with Crippen molar-refractivity contribution in [3.8, 4) is 0 Å². The van der Waals surface area contributed by atoms with E-state index in [0.29, 0.717) is 0 Å². The van der Waals surface area contributed by atoms with Crippen LogP contribution in [0.1, 0.15) is 0 Å². The average molecular weight is 370 g/mol. The Hall–Kier alpha value is -2.58. The SMILES string of the molecule is Brc1ccc2ccc3cc4[nH]c5ccccc5c4c4ccc1c2c34. The minimum absolute atomic E-state index is 1.16. The summed E-state index contributed by atoms with van der Waals surface area (Å²) in [6.07, 6.45) is 0. The van der Waals surface area contributed by atoms with Gasteiger partial charge in [-0.2, -0.15) is 0 Å². The van der Waals surface area contributed by atoms with E-state index in [1.807, 2.05) is 0 Å². The highest BCUT2D eigenvalue weighted by Gasteiger charge is 2.14. The van der Waals surface area contributed by atoms with Gasteiger partial charge in [0.2, 0.25) is 0 Å². The van der Waals surface area contributed by atoms with Crippen molar-refractivity contribution in [2.24, 2.45) is 0 Å². The van der Waals surface area contributed by atoms with E-state index in [1.54, 1.807) is 0 Å². The molecule has 6 aromatic rings. The van der Waals surface area contributed by atoms with Crippen LogP contribution >= 0.6 is 15.9 Å². The standard InChI is InChI=1S/C22H12BrN/c23-17-10-7-12-5-6-13-11-19-22(15-3-1-2-4-18(15)24-19)16-9-8-14(17)20(12)21(13)16/h1-11,24H. The predicted octanol–water partition coefficient (Wildman–Crippen LogP) is 6.98. The van der Waals surface area contributed by atoms with Crippen molar-refractivity contribution >= 4 is 70.1 Å². The van der Waals surface area contributed by atoms with Crippen molar-refractivity contribution in [3.63, 3.8) is 0 Å². The summed E-state index contributed by atoms with van der Waals surface area (Å²) in [6, 6.07) is 24.2. The van der Waals surface area contributed by atoms with Crippen LogP contribution in [0.25, 0.3) is 54.1 Å². The number of aromatic amines is 1. The van der Waals surface area contributed by atoms with Gasteiger partial charge < -0.3 is 4.98 Å². The normalized spacial score (nSPS) is 12.4. The number of para-hydroxylation sites is 1. The van der Waals surface area contributed by atoms with Crippen molar-refractivity contribution in [1.82, 2.24) is 4.98 Å². The van der Waals surface area contributed by atoms with E-state index in [0.717, 1.165) is 4.47 Å². The van der Waals surface area contributed by atoms with Crippen LogP contribution in [0.2, 0.25) is 0 Å². The number of hydrogen-bond donors (Lipinski definition) is 1. The third-order valence-electron chi connectivity index (χ3n) is 5.20. The Morgan fingerprint density at radius 2 is 1.33 bits per heavy atom. The zero-order valence-electron chi connectivity index (χ0n) is 12.7. The van der Waals surface area contributed by atoms with Gasteiger partial charge in [0.05, 0.1) is 0 Å². The molecule has 5 aromatic carbocycles. The Balaban J connectivity index is 2.02. The minimum Gasteiger partial charge on any atom is -0.354 e.